The molecule has 65 heavy (non-hydrogen) atoms. The molecule has 0 saturated heterocycles. The minimum atomic E-state index is -5.18. The van der Waals surface area contributed by atoms with Crippen LogP contribution in [0.4, 0.5) is 45.5 Å². The molecule has 0 aromatic heterocycles. The van der Waals surface area contributed by atoms with Crippen LogP contribution in [-0.2, 0) is 20.2 Å². The van der Waals surface area contributed by atoms with Crippen LogP contribution in [0.2, 0.25) is 0 Å². The first-order valence-electron chi connectivity index (χ1n) is 18.2. The Labute approximate surface area is 365 Å². The van der Waals surface area contributed by atoms with E-state index in [0.29, 0.717) is 21.9 Å². The molecule has 0 atom stereocenters. The zero-order valence-electron chi connectivity index (χ0n) is 33.2. The molecule has 0 amide bonds. The molecule has 0 saturated carbocycles. The Bertz CT molecular complexity index is 3440. The largest absolute Gasteiger partial charge is 0.506 e. The number of nitrogens with two attached hydrogens (primary N) is 1. The summed E-state index contributed by atoms with van der Waals surface area (Å²) in [5.41, 5.74) is 4.43. The molecule has 7 aromatic carbocycles. The average molecular weight is 923 g/mol. The number of fused-ring (bicyclic) bond motifs is 2. The third-order valence-electron chi connectivity index (χ3n) is 9.65. The lowest BCUT2D eigenvalue weighted by Crippen LogP contribution is -2.00. The van der Waals surface area contributed by atoms with Gasteiger partial charge in [-0.25, -0.2) is 4.79 Å². The van der Waals surface area contributed by atoms with Crippen LogP contribution in [-0.4, -0.2) is 66.4 Å². The number of nitrogen functional groups attached to an aromatic ring is 1. The number of nitro benzene ring substituents is 1. The molecule has 0 aliphatic carbocycles. The zero-order chi connectivity index (χ0) is 47.0. The molecular weight excluding hydrogens is 893 g/mol. The van der Waals surface area contributed by atoms with E-state index in [-0.39, 0.29) is 61.4 Å². The molecule has 0 fully saturated rings. The monoisotopic (exact) mass is 922 g/mol. The second-order valence-electron chi connectivity index (χ2n) is 13.5. The first-order chi connectivity index (χ1) is 30.8. The standard InChI is InChI=1S/C41H30N8O14S2/c1-62-33-17-20(6-13-29(33)43-47-38-24-10-9-23(64(56,57)58)16-22(24)8-15-32(38)50)21-7-14-30(34(18-21)63-2)44-48-39-35(65(59,60)61)19-27-25(40(39)51)11-12-28(42)36(27)45-46-37-26(41(52)53)4-3-5-31(37)49(54)55/h3-19,50-51H,42H2,1-2H3,(H,52,53)(H,56,57,58)(H,59,60,61). The molecule has 0 spiro atoms. The van der Waals surface area contributed by atoms with Crippen LogP contribution in [0.1, 0.15) is 10.4 Å². The highest BCUT2D eigenvalue weighted by Gasteiger charge is 2.26. The number of phenolic OH excluding ortho intramolecular Hbond substituents is 2. The number of nitrogens with zero attached hydrogens (tertiary/aromatic N) is 7. The summed E-state index contributed by atoms with van der Waals surface area (Å²) in [6, 6.07) is 22.6. The minimum Gasteiger partial charge on any atom is -0.506 e. The third kappa shape index (κ3) is 8.93. The summed E-state index contributed by atoms with van der Waals surface area (Å²) in [5, 5.41) is 67.8. The number of hydrogen-bond donors (Lipinski definition) is 6. The molecule has 7 rings (SSSR count). The van der Waals surface area contributed by atoms with Crippen molar-refractivity contribution in [2.75, 3.05) is 20.0 Å². The summed E-state index contributed by atoms with van der Waals surface area (Å²) >= 11 is 0. The van der Waals surface area contributed by atoms with E-state index >= 15 is 0 Å². The lowest BCUT2D eigenvalue weighted by atomic mass is 10.0. The topological polar surface area (TPSA) is 348 Å². The maximum absolute atomic E-state index is 12.7. The van der Waals surface area contributed by atoms with E-state index < -0.39 is 64.4 Å². The second-order valence-corrected chi connectivity index (χ2v) is 16.4. The summed E-state index contributed by atoms with van der Waals surface area (Å²) in [7, 11) is -6.94. The van der Waals surface area contributed by atoms with Gasteiger partial charge in [-0.05, 0) is 83.2 Å². The first kappa shape index (κ1) is 44.6. The van der Waals surface area contributed by atoms with Crippen LogP contribution in [0.15, 0.2) is 144 Å². The Kier molecular flexibility index (Phi) is 11.9. The highest BCUT2D eigenvalue weighted by Crippen LogP contribution is 2.47. The van der Waals surface area contributed by atoms with Gasteiger partial charge >= 0.3 is 5.97 Å². The van der Waals surface area contributed by atoms with Gasteiger partial charge in [0.2, 0.25) is 0 Å². The number of hydrogen-bond acceptors (Lipinski definition) is 18. The molecule has 330 valence electrons. The van der Waals surface area contributed by atoms with Crippen molar-refractivity contribution in [2.24, 2.45) is 30.7 Å². The summed E-state index contributed by atoms with van der Waals surface area (Å²) in [4.78, 5) is 21.3. The van der Waals surface area contributed by atoms with Crippen LogP contribution < -0.4 is 15.2 Å². The number of azo groups is 3. The van der Waals surface area contributed by atoms with Crippen molar-refractivity contribution in [1.82, 2.24) is 0 Å². The Morgan fingerprint density at radius 1 is 0.646 bits per heavy atom. The minimum absolute atomic E-state index is 0.0261. The number of carbonyl (C=O) groups is 1. The smallest absolute Gasteiger partial charge is 0.338 e. The predicted molar refractivity (Wildman–Crippen MR) is 233 cm³/mol. The summed E-state index contributed by atoms with van der Waals surface area (Å²) in [5.74, 6) is -2.23. The van der Waals surface area contributed by atoms with E-state index in [9.17, 15) is 56.2 Å². The maximum atomic E-state index is 12.7. The lowest BCUT2D eigenvalue weighted by Gasteiger charge is -2.12. The van der Waals surface area contributed by atoms with Gasteiger partial charge in [0.25, 0.3) is 25.9 Å². The van der Waals surface area contributed by atoms with E-state index in [2.05, 4.69) is 30.7 Å². The zero-order valence-corrected chi connectivity index (χ0v) is 34.9. The van der Waals surface area contributed by atoms with Crippen molar-refractivity contribution in [1.29, 1.82) is 0 Å². The Balaban J connectivity index is 1.22. The van der Waals surface area contributed by atoms with Crippen molar-refractivity contribution in [3.8, 4) is 34.1 Å². The molecule has 24 heteroatoms. The number of carboxylic acid groups (broad SMARTS) is 1. The number of ether oxygens (including phenoxy) is 2. The van der Waals surface area contributed by atoms with Gasteiger partial charge in [0.15, 0.2) is 11.4 Å². The molecule has 0 aliphatic rings. The fourth-order valence-electron chi connectivity index (χ4n) is 6.52. The fraction of sp³-hybridized carbons (Fsp3) is 0.0488. The molecule has 0 bridgehead atoms. The predicted octanol–water partition coefficient (Wildman–Crippen LogP) is 10.0. The highest BCUT2D eigenvalue weighted by atomic mass is 32.2. The van der Waals surface area contributed by atoms with Crippen LogP contribution in [0.3, 0.4) is 0 Å². The van der Waals surface area contributed by atoms with E-state index in [1.165, 1.54) is 56.7 Å². The van der Waals surface area contributed by atoms with Crippen LogP contribution >= 0.6 is 0 Å². The van der Waals surface area contributed by atoms with Gasteiger partial charge in [0.05, 0.1) is 35.3 Å². The lowest BCUT2D eigenvalue weighted by molar-refractivity contribution is -0.384. The number of methoxy groups -OCH3 is 2. The SMILES string of the molecule is COc1cc(-c2ccc(N=Nc3c(O)ccc4cc(S(=O)(=O)O)ccc34)c(OC)c2)ccc1N=Nc1c(S(=O)(=O)O)cc2c(N=Nc3c(C(=O)O)cccc3[N+](=O)[O-])c(N)ccc2c1O. The quantitative estimate of drug-likeness (QED) is 0.0206. The number of rotatable bonds is 13. The summed E-state index contributed by atoms with van der Waals surface area (Å²) < 4.78 is 79.5. The summed E-state index contributed by atoms with van der Waals surface area (Å²) in [6.07, 6.45) is 0. The van der Waals surface area contributed by atoms with Gasteiger partial charge in [-0.3, -0.25) is 19.2 Å². The number of phenols is 2. The molecule has 7 aromatic rings. The van der Waals surface area contributed by atoms with Gasteiger partial charge in [-0.2, -0.15) is 16.8 Å². The van der Waals surface area contributed by atoms with Crippen LogP contribution in [0.5, 0.6) is 23.0 Å². The first-order valence-corrected chi connectivity index (χ1v) is 21.1. The summed E-state index contributed by atoms with van der Waals surface area (Å²) in [6.45, 7) is 0. The van der Waals surface area contributed by atoms with Crippen molar-refractivity contribution in [3.05, 3.63) is 119 Å². The number of aromatic carboxylic acids is 1. The van der Waals surface area contributed by atoms with Gasteiger partial charge in [0.1, 0.15) is 50.6 Å². The van der Waals surface area contributed by atoms with Gasteiger partial charge in [-0.15, -0.1) is 30.7 Å². The van der Waals surface area contributed by atoms with Gasteiger partial charge < -0.3 is 30.5 Å². The van der Waals surface area contributed by atoms with E-state index in [1.807, 2.05) is 0 Å². The molecule has 0 aliphatic heterocycles. The molecule has 0 unspecified atom stereocenters. The van der Waals surface area contributed by atoms with Crippen molar-refractivity contribution in [3.63, 3.8) is 0 Å². The fourth-order valence-corrected chi connectivity index (χ4v) is 7.68. The number of aromatic hydroxyl groups is 2. The third-order valence-corrected chi connectivity index (χ3v) is 11.4. The van der Waals surface area contributed by atoms with Crippen molar-refractivity contribution < 1.29 is 60.5 Å². The van der Waals surface area contributed by atoms with Gasteiger partial charge in [0, 0.05) is 22.2 Å². The Morgan fingerprint density at radius 2 is 1.23 bits per heavy atom. The Morgan fingerprint density at radius 3 is 1.80 bits per heavy atom. The molecular formula is C41H30N8O14S2. The Hall–Kier alpha value is -8.45. The van der Waals surface area contributed by atoms with Crippen molar-refractivity contribution in [2.45, 2.75) is 9.79 Å². The van der Waals surface area contributed by atoms with Gasteiger partial charge in [-0.1, -0.05) is 30.3 Å². The van der Waals surface area contributed by atoms with E-state index in [0.717, 1.165) is 30.3 Å². The second kappa shape index (κ2) is 17.4. The number of benzene rings is 7. The van der Waals surface area contributed by atoms with Crippen molar-refractivity contribution >= 4 is 93.2 Å². The highest BCUT2D eigenvalue weighted by molar-refractivity contribution is 7.86. The van der Waals surface area contributed by atoms with Crippen LogP contribution in [0, 0.1) is 10.1 Å². The molecule has 22 nitrogen and oxygen atoms in total. The number of anilines is 1. The van der Waals surface area contributed by atoms with Crippen LogP contribution in [0.25, 0.3) is 32.7 Å². The molecule has 7 N–H and O–H groups in total. The van der Waals surface area contributed by atoms with E-state index in [4.69, 9.17) is 15.2 Å². The number of carboxylic acids is 1. The number of nitro groups is 1. The molecule has 0 radical (unpaired) electrons. The normalized spacial score (nSPS) is 12.2. The average Bonchev–Trinajstić information content (AvgIpc) is 3.26. The molecule has 0 heterocycles. The van der Waals surface area contributed by atoms with E-state index in [1.54, 1.807) is 30.3 Å². The maximum Gasteiger partial charge on any atom is 0.338 e.